The molecule has 0 saturated carbocycles. The van der Waals surface area contributed by atoms with Crippen molar-refractivity contribution in [3.63, 3.8) is 0 Å². The molecule has 3 aromatic heterocycles. The molecule has 4 nitrogen and oxygen atoms in total. The molecule has 72 heavy (non-hydrogen) atoms. The van der Waals surface area contributed by atoms with Gasteiger partial charge in [0, 0.05) is 62.6 Å². The summed E-state index contributed by atoms with van der Waals surface area (Å²) in [6.07, 6.45) is 4.06. The lowest BCUT2D eigenvalue weighted by Gasteiger charge is -2.35. The first-order valence-corrected chi connectivity index (χ1v) is 24.7. The average Bonchev–Trinajstić information content (AvgIpc) is 4.14. The SMILES string of the molecule is c1ccc(-n2ccc3ccc4c(c5cc(-c6ccc(N(c7ccc(-c8ccccn8)cc7)c7ccc8c(c7)C(c7ccccc7)(c7ccccc7)c7ccccc7-8)cc6)ccc5n4-c4ccccc4)c32)cc1. The minimum absolute atomic E-state index is 0.528. The number of nitrogens with zero attached hydrogens (tertiary/aromatic N) is 4. The lowest BCUT2D eigenvalue weighted by atomic mass is 9.67. The molecule has 13 aromatic rings. The zero-order chi connectivity index (χ0) is 47.6. The van der Waals surface area contributed by atoms with Crippen LogP contribution in [0.4, 0.5) is 17.1 Å². The molecule has 0 unspecified atom stereocenters. The normalized spacial score (nSPS) is 12.6. The molecule has 0 aliphatic heterocycles. The van der Waals surface area contributed by atoms with Crippen molar-refractivity contribution in [2.45, 2.75) is 5.41 Å². The maximum absolute atomic E-state index is 4.68. The van der Waals surface area contributed by atoms with E-state index in [-0.39, 0.29) is 0 Å². The maximum atomic E-state index is 4.68. The van der Waals surface area contributed by atoms with Crippen molar-refractivity contribution in [2.24, 2.45) is 0 Å². The van der Waals surface area contributed by atoms with Crippen LogP contribution in [0.3, 0.4) is 0 Å². The van der Waals surface area contributed by atoms with E-state index in [1.807, 2.05) is 18.3 Å². The fourth-order valence-corrected chi connectivity index (χ4v) is 11.7. The number of anilines is 3. The summed E-state index contributed by atoms with van der Waals surface area (Å²) in [5.74, 6) is 0. The summed E-state index contributed by atoms with van der Waals surface area (Å²) < 4.78 is 4.75. The lowest BCUT2D eigenvalue weighted by molar-refractivity contribution is 0.768. The van der Waals surface area contributed by atoms with Gasteiger partial charge in [-0.1, -0.05) is 170 Å². The highest BCUT2D eigenvalue weighted by Crippen LogP contribution is 2.57. The Morgan fingerprint density at radius 1 is 0.389 bits per heavy atom. The van der Waals surface area contributed by atoms with Crippen LogP contribution in [-0.2, 0) is 5.41 Å². The van der Waals surface area contributed by atoms with Crippen molar-refractivity contribution >= 4 is 49.8 Å². The minimum atomic E-state index is -0.528. The van der Waals surface area contributed by atoms with Crippen LogP contribution in [-0.4, -0.2) is 14.1 Å². The highest BCUT2D eigenvalue weighted by Gasteiger charge is 2.46. The Kier molecular flexibility index (Phi) is 9.71. The first-order chi connectivity index (χ1) is 35.7. The van der Waals surface area contributed by atoms with Crippen LogP contribution in [0.1, 0.15) is 22.3 Å². The first-order valence-electron chi connectivity index (χ1n) is 24.7. The Morgan fingerprint density at radius 2 is 0.958 bits per heavy atom. The third-order valence-electron chi connectivity index (χ3n) is 14.9. The molecule has 338 valence electrons. The summed E-state index contributed by atoms with van der Waals surface area (Å²) in [4.78, 5) is 7.08. The van der Waals surface area contributed by atoms with E-state index in [4.69, 9.17) is 0 Å². The van der Waals surface area contributed by atoms with Gasteiger partial charge in [-0.05, 0) is 142 Å². The minimum Gasteiger partial charge on any atom is -0.316 e. The van der Waals surface area contributed by atoms with Crippen LogP contribution in [0, 0.1) is 0 Å². The molecule has 0 radical (unpaired) electrons. The summed E-state index contributed by atoms with van der Waals surface area (Å²) in [5.41, 5.74) is 20.4. The summed E-state index contributed by atoms with van der Waals surface area (Å²) in [5, 5.41) is 3.66. The molecule has 0 fully saturated rings. The third kappa shape index (κ3) is 6.50. The molecule has 1 aliphatic rings. The fourth-order valence-electron chi connectivity index (χ4n) is 11.7. The molecule has 10 aromatic carbocycles. The van der Waals surface area contributed by atoms with Crippen LogP contribution < -0.4 is 4.90 Å². The van der Waals surface area contributed by atoms with Gasteiger partial charge in [-0.3, -0.25) is 4.98 Å². The second kappa shape index (κ2) is 16.9. The van der Waals surface area contributed by atoms with Crippen LogP contribution in [0.2, 0.25) is 0 Å². The molecule has 3 heterocycles. The van der Waals surface area contributed by atoms with Crippen LogP contribution in [0.5, 0.6) is 0 Å². The van der Waals surface area contributed by atoms with Crippen molar-refractivity contribution in [3.05, 3.63) is 302 Å². The maximum Gasteiger partial charge on any atom is 0.0714 e. The quantitative estimate of drug-likeness (QED) is 0.144. The zero-order valence-corrected chi connectivity index (χ0v) is 39.3. The predicted octanol–water partition coefficient (Wildman–Crippen LogP) is 17.3. The largest absolute Gasteiger partial charge is 0.316 e. The van der Waals surface area contributed by atoms with Gasteiger partial charge in [0.15, 0.2) is 0 Å². The van der Waals surface area contributed by atoms with E-state index in [1.54, 1.807) is 0 Å². The smallest absolute Gasteiger partial charge is 0.0714 e. The third-order valence-corrected chi connectivity index (χ3v) is 14.9. The van der Waals surface area contributed by atoms with E-state index in [0.717, 1.165) is 50.8 Å². The van der Waals surface area contributed by atoms with E-state index in [0.29, 0.717) is 0 Å². The van der Waals surface area contributed by atoms with Gasteiger partial charge in [0.25, 0.3) is 0 Å². The molecular weight excluding hydrogens is 873 g/mol. The Bertz CT molecular complexity index is 4070. The molecule has 0 saturated heterocycles. The van der Waals surface area contributed by atoms with Gasteiger partial charge < -0.3 is 14.0 Å². The van der Waals surface area contributed by atoms with Crippen LogP contribution >= 0.6 is 0 Å². The van der Waals surface area contributed by atoms with E-state index in [1.165, 1.54) is 66.1 Å². The van der Waals surface area contributed by atoms with Gasteiger partial charge >= 0.3 is 0 Å². The Balaban J connectivity index is 0.939. The van der Waals surface area contributed by atoms with Crippen LogP contribution in [0.15, 0.2) is 279 Å². The van der Waals surface area contributed by atoms with Crippen LogP contribution in [0.25, 0.3) is 77.6 Å². The highest BCUT2D eigenvalue weighted by atomic mass is 15.1. The summed E-state index contributed by atoms with van der Waals surface area (Å²) in [7, 11) is 0. The summed E-state index contributed by atoms with van der Waals surface area (Å²) in [6.45, 7) is 0. The van der Waals surface area contributed by atoms with E-state index in [9.17, 15) is 0 Å². The Labute approximate surface area is 418 Å². The molecule has 4 heteroatoms. The molecule has 1 aliphatic carbocycles. The average molecular weight is 919 g/mol. The number of hydrogen-bond acceptors (Lipinski definition) is 2. The number of para-hydroxylation sites is 2. The topological polar surface area (TPSA) is 26.0 Å². The Hall–Kier alpha value is -9.51. The monoisotopic (exact) mass is 918 g/mol. The Morgan fingerprint density at radius 3 is 1.64 bits per heavy atom. The number of rotatable bonds is 9. The van der Waals surface area contributed by atoms with Crippen molar-refractivity contribution in [3.8, 4) is 44.9 Å². The molecule has 0 N–H and O–H groups in total. The second-order valence-electron chi connectivity index (χ2n) is 18.7. The van der Waals surface area contributed by atoms with E-state index in [2.05, 4.69) is 280 Å². The number of fused-ring (bicyclic) bond motifs is 8. The molecule has 14 rings (SSSR count). The van der Waals surface area contributed by atoms with E-state index >= 15 is 0 Å². The molecule has 0 bridgehead atoms. The molecule has 0 spiro atoms. The first kappa shape index (κ1) is 41.5. The number of pyridine rings is 1. The number of aromatic nitrogens is 3. The fraction of sp³-hybridized carbons (Fsp3) is 0.0147. The van der Waals surface area contributed by atoms with Gasteiger partial charge in [-0.15, -0.1) is 0 Å². The predicted molar refractivity (Wildman–Crippen MR) is 298 cm³/mol. The van der Waals surface area contributed by atoms with Gasteiger partial charge in [-0.25, -0.2) is 0 Å². The summed E-state index contributed by atoms with van der Waals surface area (Å²) in [6, 6.07) is 97.3. The zero-order valence-electron chi connectivity index (χ0n) is 39.3. The molecule has 0 amide bonds. The van der Waals surface area contributed by atoms with Gasteiger partial charge in [0.2, 0.25) is 0 Å². The molecule has 0 atom stereocenters. The van der Waals surface area contributed by atoms with E-state index < -0.39 is 5.41 Å². The highest BCUT2D eigenvalue weighted by molar-refractivity contribution is 6.21. The number of benzene rings is 10. The van der Waals surface area contributed by atoms with Crippen molar-refractivity contribution in [1.82, 2.24) is 14.1 Å². The number of hydrogen-bond donors (Lipinski definition) is 0. The van der Waals surface area contributed by atoms with Crippen molar-refractivity contribution < 1.29 is 0 Å². The lowest BCUT2D eigenvalue weighted by Crippen LogP contribution is -2.28. The molecular formula is C68H46N4. The van der Waals surface area contributed by atoms with Gasteiger partial charge in [-0.2, -0.15) is 0 Å². The standard InChI is InChI=1S/C68H46N4/c1-5-17-51(18-6-1)68(52-19-7-2-8-20-52)61-26-14-13-25-58(61)59-39-38-57(46-62(59)68)71(56-36-30-48(31-37-56)63-27-15-16-43-69-63)55-34-28-47(29-35-55)50-33-40-64-60(45-50)66-65(72(64)54-23-11-4-12-24-54)41-32-49-42-44-70(67(49)66)53-21-9-3-10-22-53/h1-46H. The second-order valence-corrected chi connectivity index (χ2v) is 18.7. The van der Waals surface area contributed by atoms with Crippen molar-refractivity contribution in [1.29, 1.82) is 0 Å². The summed E-state index contributed by atoms with van der Waals surface area (Å²) >= 11 is 0. The van der Waals surface area contributed by atoms with Gasteiger partial charge in [0.1, 0.15) is 0 Å². The van der Waals surface area contributed by atoms with Crippen molar-refractivity contribution in [2.75, 3.05) is 4.90 Å². The van der Waals surface area contributed by atoms with Gasteiger partial charge in [0.05, 0.1) is 27.7 Å².